The highest BCUT2D eigenvalue weighted by Crippen LogP contribution is 2.35. The van der Waals surface area contributed by atoms with Crippen LogP contribution in [0.4, 0.5) is 22.0 Å². The van der Waals surface area contributed by atoms with E-state index in [1.165, 1.54) is 36.5 Å². The van der Waals surface area contributed by atoms with Crippen LogP contribution in [0, 0.1) is 17.6 Å². The number of rotatable bonds is 11. The average Bonchev–Trinajstić information content (AvgIpc) is 3.15. The zero-order valence-corrected chi connectivity index (χ0v) is 30.8. The van der Waals surface area contributed by atoms with Crippen LogP contribution >= 0.6 is 0 Å². The van der Waals surface area contributed by atoms with Crippen LogP contribution in [-0.2, 0) is 35.2 Å². The number of aryl methyl sites for hydroxylation is 2. The number of amides is 1. The van der Waals surface area contributed by atoms with Crippen LogP contribution < -0.4 is 5.43 Å². The molecule has 0 spiro atoms. The molecule has 1 amide bonds. The van der Waals surface area contributed by atoms with E-state index in [9.17, 15) is 41.4 Å². The van der Waals surface area contributed by atoms with Crippen LogP contribution in [-0.4, -0.2) is 67.5 Å². The highest BCUT2D eigenvalue weighted by molar-refractivity contribution is 5.81. The number of likely N-dealkylation sites (tertiary alicyclic amines) is 1. The molecule has 2 aromatic heterocycles. The Labute approximate surface area is 315 Å². The van der Waals surface area contributed by atoms with E-state index in [0.29, 0.717) is 37.0 Å². The number of carbonyl (C=O) groups excluding carboxylic acids is 1. The summed E-state index contributed by atoms with van der Waals surface area (Å²) in [4.78, 5) is 48.0. The first-order valence-corrected chi connectivity index (χ1v) is 18.3. The number of carboxylic acid groups (broad SMARTS) is 1. The van der Waals surface area contributed by atoms with Gasteiger partial charge in [-0.2, -0.15) is 13.2 Å². The quantitative estimate of drug-likeness (QED) is 0.159. The smallest absolute Gasteiger partial charge is 0.416 e. The van der Waals surface area contributed by atoms with Crippen molar-refractivity contribution in [3.8, 4) is 0 Å². The molecule has 1 aliphatic heterocycles. The van der Waals surface area contributed by atoms with Gasteiger partial charge in [-0.25, -0.2) is 13.8 Å². The number of pyridine rings is 2. The molecule has 55 heavy (non-hydrogen) atoms. The van der Waals surface area contributed by atoms with Gasteiger partial charge in [0.25, 0.3) is 0 Å². The van der Waals surface area contributed by atoms with Gasteiger partial charge in [0, 0.05) is 49.6 Å². The molecule has 0 bridgehead atoms. The summed E-state index contributed by atoms with van der Waals surface area (Å²) < 4.78 is 69.9. The van der Waals surface area contributed by atoms with Crippen LogP contribution in [0.3, 0.4) is 0 Å². The molecule has 1 fully saturated rings. The van der Waals surface area contributed by atoms with E-state index in [0.717, 1.165) is 29.3 Å². The number of piperidine rings is 1. The van der Waals surface area contributed by atoms with Crippen molar-refractivity contribution in [1.29, 1.82) is 0 Å². The Bertz CT molecular complexity index is 2190. The van der Waals surface area contributed by atoms with E-state index in [4.69, 9.17) is 0 Å². The highest BCUT2D eigenvalue weighted by atomic mass is 19.4. The second kappa shape index (κ2) is 15.9. The van der Waals surface area contributed by atoms with Gasteiger partial charge in [0.05, 0.1) is 10.9 Å². The number of alkyl halides is 3. The summed E-state index contributed by atoms with van der Waals surface area (Å²) in [5.41, 5.74) is 0.260. The van der Waals surface area contributed by atoms with Crippen LogP contribution in [0.5, 0.6) is 0 Å². The number of hydrogen-bond acceptors (Lipinski definition) is 5. The standard InChI is InChI=1S/C42H43F5N4O4/c1-26-22-27(9-16-33(26)28-10-13-30(14-11-28)42(45,46)47)24-50(31-17-20-49(21-18-31)41(2,3)40(54)55)37(53)25-51-32(15-12-29-6-4-8-35(43)38(29)44)23-36(52)34-7-5-19-48-39(34)51/h4-11,13-14,16,19,22-23,26,31,33H,12,15,17-18,20-21,24-25H2,1-3H3,(H,54,55). The number of nitrogens with zero attached hydrogens (tertiary/aromatic N) is 4. The molecule has 1 N–H and O–H groups in total. The van der Waals surface area contributed by atoms with E-state index < -0.39 is 34.9 Å². The summed E-state index contributed by atoms with van der Waals surface area (Å²) in [7, 11) is 0. The lowest BCUT2D eigenvalue weighted by Crippen LogP contribution is -2.56. The van der Waals surface area contributed by atoms with Crippen molar-refractivity contribution in [2.45, 2.75) is 76.7 Å². The zero-order valence-electron chi connectivity index (χ0n) is 30.8. The van der Waals surface area contributed by atoms with E-state index in [2.05, 4.69) is 4.98 Å². The Balaban J connectivity index is 1.30. The van der Waals surface area contributed by atoms with Gasteiger partial charge in [0.15, 0.2) is 17.1 Å². The number of benzene rings is 2. The maximum Gasteiger partial charge on any atom is 0.416 e. The van der Waals surface area contributed by atoms with Gasteiger partial charge >= 0.3 is 12.1 Å². The number of hydrogen-bond donors (Lipinski definition) is 1. The molecule has 2 unspecified atom stereocenters. The maximum atomic E-state index is 14.6. The number of halogens is 5. The molecule has 1 aliphatic carbocycles. The van der Waals surface area contributed by atoms with E-state index in [-0.39, 0.29) is 66.4 Å². The third-order valence-corrected chi connectivity index (χ3v) is 11.0. The Morgan fingerprint density at radius 3 is 2.35 bits per heavy atom. The Kier molecular flexibility index (Phi) is 11.4. The van der Waals surface area contributed by atoms with Gasteiger partial charge in [0.1, 0.15) is 17.7 Å². The first-order valence-electron chi connectivity index (χ1n) is 18.3. The van der Waals surface area contributed by atoms with Crippen molar-refractivity contribution in [2.24, 2.45) is 5.92 Å². The lowest BCUT2D eigenvalue weighted by atomic mass is 9.82. The van der Waals surface area contributed by atoms with E-state index in [1.54, 1.807) is 35.4 Å². The minimum atomic E-state index is -4.44. The number of aromatic nitrogens is 2. The third kappa shape index (κ3) is 8.56. The van der Waals surface area contributed by atoms with E-state index >= 15 is 0 Å². The SMILES string of the molecule is CC1C=C(CN(C(=O)Cn2c(CCc3cccc(F)c3F)cc(=O)c3cccnc32)C2CCN(C(C)(C)C(=O)O)CC2)C=CC1c1ccc(C(F)(F)F)cc1. The maximum absolute atomic E-state index is 14.6. The fourth-order valence-electron chi connectivity index (χ4n) is 7.66. The van der Waals surface area contributed by atoms with Crippen molar-refractivity contribution in [1.82, 2.24) is 19.4 Å². The molecule has 0 saturated carbocycles. The van der Waals surface area contributed by atoms with Gasteiger partial charge in [-0.1, -0.05) is 49.4 Å². The normalized spacial score (nSPS) is 18.4. The van der Waals surface area contributed by atoms with E-state index in [1.807, 2.05) is 30.1 Å². The lowest BCUT2D eigenvalue weighted by Gasteiger charge is -2.43. The summed E-state index contributed by atoms with van der Waals surface area (Å²) in [6.07, 6.45) is 4.10. The second-order valence-corrected chi connectivity index (χ2v) is 14.9. The van der Waals surface area contributed by atoms with Crippen molar-refractivity contribution < 1.29 is 36.6 Å². The first-order chi connectivity index (χ1) is 26.0. The van der Waals surface area contributed by atoms with Crippen molar-refractivity contribution in [3.63, 3.8) is 0 Å². The molecule has 290 valence electrons. The fraction of sp³-hybridized carbons (Fsp3) is 0.381. The summed E-state index contributed by atoms with van der Waals surface area (Å²) in [5.74, 6) is -3.47. The molecular formula is C42H43F5N4O4. The monoisotopic (exact) mass is 762 g/mol. The number of aliphatic carboxylic acids is 1. The molecule has 2 aromatic carbocycles. The summed E-state index contributed by atoms with van der Waals surface area (Å²) in [6.45, 7) is 6.13. The number of fused-ring (bicyclic) bond motifs is 1. The fourth-order valence-corrected chi connectivity index (χ4v) is 7.66. The zero-order chi connectivity index (χ0) is 39.7. The number of carboxylic acids is 1. The number of carbonyl (C=O) groups is 2. The summed E-state index contributed by atoms with van der Waals surface area (Å²) >= 11 is 0. The average molecular weight is 763 g/mol. The van der Waals surface area contributed by atoms with Crippen LogP contribution in [0.15, 0.2) is 95.5 Å². The second-order valence-electron chi connectivity index (χ2n) is 14.9. The minimum absolute atomic E-state index is 0.0623. The van der Waals surface area contributed by atoms with Crippen LogP contribution in [0.2, 0.25) is 0 Å². The topological polar surface area (TPSA) is 95.7 Å². The number of allylic oxidation sites excluding steroid dienone is 2. The van der Waals surface area contributed by atoms with Gasteiger partial charge in [-0.3, -0.25) is 19.3 Å². The molecule has 1 saturated heterocycles. The first kappa shape index (κ1) is 39.5. The highest BCUT2D eigenvalue weighted by Gasteiger charge is 2.39. The molecule has 4 aromatic rings. The van der Waals surface area contributed by atoms with Crippen molar-refractivity contribution in [2.75, 3.05) is 19.6 Å². The lowest BCUT2D eigenvalue weighted by molar-refractivity contribution is -0.151. The predicted octanol–water partition coefficient (Wildman–Crippen LogP) is 7.55. The van der Waals surface area contributed by atoms with Crippen LogP contribution in [0.25, 0.3) is 11.0 Å². The Morgan fingerprint density at radius 2 is 1.69 bits per heavy atom. The van der Waals surface area contributed by atoms with Crippen LogP contribution in [0.1, 0.15) is 61.9 Å². The van der Waals surface area contributed by atoms with Crippen molar-refractivity contribution in [3.05, 3.63) is 135 Å². The van der Waals surface area contributed by atoms with Gasteiger partial charge < -0.3 is 14.6 Å². The Hall–Kier alpha value is -5.17. The largest absolute Gasteiger partial charge is 0.480 e. The summed E-state index contributed by atoms with van der Waals surface area (Å²) in [6, 6.07) is 13.4. The molecule has 2 aliphatic rings. The summed E-state index contributed by atoms with van der Waals surface area (Å²) in [5, 5.41) is 10.1. The molecular weight excluding hydrogens is 719 g/mol. The molecule has 13 heteroatoms. The van der Waals surface area contributed by atoms with Crippen molar-refractivity contribution >= 4 is 22.9 Å². The minimum Gasteiger partial charge on any atom is -0.480 e. The molecule has 3 heterocycles. The van der Waals surface area contributed by atoms with Gasteiger partial charge in [-0.15, -0.1) is 0 Å². The predicted molar refractivity (Wildman–Crippen MR) is 198 cm³/mol. The third-order valence-electron chi connectivity index (χ3n) is 11.0. The molecule has 0 radical (unpaired) electrons. The Morgan fingerprint density at radius 1 is 0.982 bits per heavy atom. The molecule has 6 rings (SSSR count). The molecule has 8 nitrogen and oxygen atoms in total. The van der Waals surface area contributed by atoms with Gasteiger partial charge in [0.2, 0.25) is 5.91 Å². The van der Waals surface area contributed by atoms with Gasteiger partial charge in [-0.05, 0) is 92.5 Å². The molecule has 2 atom stereocenters.